The maximum absolute atomic E-state index is 6.05. The number of aliphatic imine (C=N–C) groups is 1. The molecule has 0 bridgehead atoms. The van der Waals surface area contributed by atoms with Gasteiger partial charge in [0.25, 0.3) is 0 Å². The number of para-hydroxylation sites is 1. The standard InChI is InChI=1S/C19H29N3O2/c1-20-19(21-11-14-23-15-16-7-8-16)22-12-9-18(10-13-22)24-17-5-3-2-4-6-17/h2-6,16,18H,7-15H2,1H3,(H,20,21). The maximum atomic E-state index is 6.05. The van der Waals surface area contributed by atoms with Gasteiger partial charge in [-0.1, -0.05) is 18.2 Å². The zero-order chi connectivity index (χ0) is 16.6. The summed E-state index contributed by atoms with van der Waals surface area (Å²) in [5.41, 5.74) is 0. The van der Waals surface area contributed by atoms with Gasteiger partial charge in [0.2, 0.25) is 0 Å². The quantitative estimate of drug-likeness (QED) is 0.474. The molecule has 1 N–H and O–H groups in total. The van der Waals surface area contributed by atoms with Crippen molar-refractivity contribution in [1.29, 1.82) is 0 Å². The number of benzene rings is 1. The molecule has 1 saturated heterocycles. The highest BCUT2D eigenvalue weighted by atomic mass is 16.5. The van der Waals surface area contributed by atoms with E-state index in [1.54, 1.807) is 0 Å². The van der Waals surface area contributed by atoms with Gasteiger partial charge in [0.1, 0.15) is 11.9 Å². The van der Waals surface area contributed by atoms with E-state index >= 15 is 0 Å². The van der Waals surface area contributed by atoms with Gasteiger partial charge in [-0.2, -0.15) is 0 Å². The van der Waals surface area contributed by atoms with Crippen molar-refractivity contribution in [1.82, 2.24) is 10.2 Å². The van der Waals surface area contributed by atoms with Crippen LogP contribution in [0.2, 0.25) is 0 Å². The highest BCUT2D eigenvalue weighted by Gasteiger charge is 2.23. The fraction of sp³-hybridized carbons (Fsp3) is 0.632. The Morgan fingerprint density at radius 3 is 2.58 bits per heavy atom. The lowest BCUT2D eigenvalue weighted by atomic mass is 10.1. The van der Waals surface area contributed by atoms with E-state index in [2.05, 4.69) is 15.2 Å². The van der Waals surface area contributed by atoms with E-state index in [-0.39, 0.29) is 0 Å². The largest absolute Gasteiger partial charge is 0.490 e. The summed E-state index contributed by atoms with van der Waals surface area (Å²) in [5, 5.41) is 3.41. The van der Waals surface area contributed by atoms with Crippen LogP contribution < -0.4 is 10.1 Å². The van der Waals surface area contributed by atoms with Gasteiger partial charge in [-0.3, -0.25) is 4.99 Å². The third kappa shape index (κ3) is 5.41. The number of nitrogens with one attached hydrogen (secondary N) is 1. The van der Waals surface area contributed by atoms with Crippen molar-refractivity contribution >= 4 is 5.96 Å². The molecule has 0 amide bonds. The smallest absolute Gasteiger partial charge is 0.193 e. The summed E-state index contributed by atoms with van der Waals surface area (Å²) >= 11 is 0. The monoisotopic (exact) mass is 331 g/mol. The molecule has 2 aliphatic rings. The molecular weight excluding hydrogens is 302 g/mol. The Kier molecular flexibility index (Phi) is 6.35. The molecule has 0 aromatic heterocycles. The molecule has 1 aromatic carbocycles. The molecule has 1 aliphatic heterocycles. The van der Waals surface area contributed by atoms with Crippen molar-refractivity contribution < 1.29 is 9.47 Å². The molecule has 1 heterocycles. The molecule has 0 radical (unpaired) electrons. The first kappa shape index (κ1) is 17.1. The van der Waals surface area contributed by atoms with E-state index in [0.29, 0.717) is 6.10 Å². The van der Waals surface area contributed by atoms with Crippen molar-refractivity contribution in [2.45, 2.75) is 31.8 Å². The van der Waals surface area contributed by atoms with Crippen molar-refractivity contribution in [3.05, 3.63) is 30.3 Å². The molecule has 24 heavy (non-hydrogen) atoms. The maximum Gasteiger partial charge on any atom is 0.193 e. The second kappa shape index (κ2) is 8.92. The zero-order valence-electron chi connectivity index (χ0n) is 14.6. The predicted octanol–water partition coefficient (Wildman–Crippen LogP) is 2.53. The summed E-state index contributed by atoms with van der Waals surface area (Å²) < 4.78 is 11.7. The lowest BCUT2D eigenvalue weighted by Gasteiger charge is -2.34. The number of piperidine rings is 1. The highest BCUT2D eigenvalue weighted by molar-refractivity contribution is 5.79. The number of rotatable bonds is 7. The van der Waals surface area contributed by atoms with Crippen LogP contribution in [0.4, 0.5) is 0 Å². The fourth-order valence-electron chi connectivity index (χ4n) is 2.98. The number of likely N-dealkylation sites (tertiary alicyclic amines) is 1. The van der Waals surface area contributed by atoms with Crippen molar-refractivity contribution in [3.8, 4) is 5.75 Å². The summed E-state index contributed by atoms with van der Waals surface area (Å²) in [6.07, 6.45) is 5.02. The number of guanidine groups is 1. The van der Waals surface area contributed by atoms with Gasteiger partial charge in [-0.05, 0) is 30.9 Å². The molecule has 0 spiro atoms. The van der Waals surface area contributed by atoms with Crippen LogP contribution in [0.3, 0.4) is 0 Å². The van der Waals surface area contributed by atoms with Crippen LogP contribution in [-0.4, -0.2) is 56.9 Å². The van der Waals surface area contributed by atoms with Crippen molar-refractivity contribution in [3.63, 3.8) is 0 Å². The Morgan fingerprint density at radius 2 is 1.92 bits per heavy atom. The van der Waals surface area contributed by atoms with Gasteiger partial charge >= 0.3 is 0 Å². The Hall–Kier alpha value is -1.75. The van der Waals surface area contributed by atoms with E-state index < -0.39 is 0 Å². The van der Waals surface area contributed by atoms with Crippen LogP contribution in [0, 0.1) is 5.92 Å². The van der Waals surface area contributed by atoms with Crippen LogP contribution in [0.5, 0.6) is 5.75 Å². The first-order valence-electron chi connectivity index (χ1n) is 9.10. The summed E-state index contributed by atoms with van der Waals surface area (Å²) in [6.45, 7) is 4.44. The van der Waals surface area contributed by atoms with Crippen molar-refractivity contribution in [2.75, 3.05) is 39.9 Å². The third-order valence-electron chi connectivity index (χ3n) is 4.58. The van der Waals surface area contributed by atoms with Gasteiger partial charge in [0.05, 0.1) is 6.61 Å². The number of ether oxygens (including phenoxy) is 2. The van der Waals surface area contributed by atoms with Gasteiger partial charge in [-0.25, -0.2) is 0 Å². The van der Waals surface area contributed by atoms with E-state index in [0.717, 1.165) is 63.3 Å². The predicted molar refractivity (Wildman–Crippen MR) is 96.6 cm³/mol. The zero-order valence-corrected chi connectivity index (χ0v) is 14.6. The molecule has 5 heteroatoms. The number of nitrogens with zero attached hydrogens (tertiary/aromatic N) is 2. The topological polar surface area (TPSA) is 46.1 Å². The molecule has 0 unspecified atom stereocenters. The summed E-state index contributed by atoms with van der Waals surface area (Å²) in [5.74, 6) is 2.77. The van der Waals surface area contributed by atoms with Crippen LogP contribution in [0.1, 0.15) is 25.7 Å². The van der Waals surface area contributed by atoms with Crippen LogP contribution in [0.25, 0.3) is 0 Å². The van der Waals surface area contributed by atoms with Gasteiger partial charge in [0, 0.05) is 46.1 Å². The van der Waals surface area contributed by atoms with E-state index in [1.165, 1.54) is 12.8 Å². The van der Waals surface area contributed by atoms with Crippen molar-refractivity contribution in [2.24, 2.45) is 10.9 Å². The Labute approximate surface area is 145 Å². The highest BCUT2D eigenvalue weighted by Crippen LogP contribution is 2.28. The number of hydrogen-bond donors (Lipinski definition) is 1. The molecule has 1 aliphatic carbocycles. The molecule has 3 rings (SSSR count). The molecule has 0 atom stereocenters. The van der Waals surface area contributed by atoms with Crippen LogP contribution in [-0.2, 0) is 4.74 Å². The first-order chi connectivity index (χ1) is 11.8. The van der Waals surface area contributed by atoms with Gasteiger partial charge < -0.3 is 19.7 Å². The Bertz CT molecular complexity index is 509. The second-order valence-electron chi connectivity index (χ2n) is 6.61. The molecule has 132 valence electrons. The minimum atomic E-state index is 0.295. The summed E-state index contributed by atoms with van der Waals surface area (Å²) in [4.78, 5) is 6.71. The lowest BCUT2D eigenvalue weighted by molar-refractivity contribution is 0.122. The minimum absolute atomic E-state index is 0.295. The molecular formula is C19H29N3O2. The molecule has 2 fully saturated rings. The summed E-state index contributed by atoms with van der Waals surface area (Å²) in [7, 11) is 1.85. The fourth-order valence-corrected chi connectivity index (χ4v) is 2.98. The van der Waals surface area contributed by atoms with Crippen LogP contribution >= 0.6 is 0 Å². The third-order valence-corrected chi connectivity index (χ3v) is 4.58. The van der Waals surface area contributed by atoms with E-state index in [1.807, 2.05) is 37.4 Å². The van der Waals surface area contributed by atoms with Gasteiger partial charge in [-0.15, -0.1) is 0 Å². The van der Waals surface area contributed by atoms with E-state index in [4.69, 9.17) is 9.47 Å². The molecule has 5 nitrogen and oxygen atoms in total. The average Bonchev–Trinajstić information content (AvgIpc) is 3.44. The van der Waals surface area contributed by atoms with Crippen LogP contribution in [0.15, 0.2) is 35.3 Å². The Balaban J connectivity index is 1.34. The van der Waals surface area contributed by atoms with Gasteiger partial charge in [0.15, 0.2) is 5.96 Å². The number of hydrogen-bond acceptors (Lipinski definition) is 3. The molecule has 1 saturated carbocycles. The Morgan fingerprint density at radius 1 is 1.17 bits per heavy atom. The second-order valence-corrected chi connectivity index (χ2v) is 6.61. The minimum Gasteiger partial charge on any atom is -0.490 e. The lowest BCUT2D eigenvalue weighted by Crippen LogP contribution is -2.48. The average molecular weight is 331 g/mol. The van der Waals surface area contributed by atoms with E-state index in [9.17, 15) is 0 Å². The SMILES string of the molecule is CN=C(NCCOCC1CC1)N1CCC(Oc2ccccc2)CC1. The normalized spacial score (nSPS) is 19.4. The molecule has 1 aromatic rings. The first-order valence-corrected chi connectivity index (χ1v) is 9.10. The summed E-state index contributed by atoms with van der Waals surface area (Å²) in [6, 6.07) is 10.1.